The van der Waals surface area contributed by atoms with Crippen LogP contribution in [0.3, 0.4) is 0 Å². The number of ether oxygens (including phenoxy) is 1. The van der Waals surface area contributed by atoms with E-state index in [9.17, 15) is 0 Å². The Morgan fingerprint density at radius 1 is 1.38 bits per heavy atom. The summed E-state index contributed by atoms with van der Waals surface area (Å²) in [7, 11) is 0. The molecule has 1 fully saturated rings. The third-order valence-electron chi connectivity index (χ3n) is 1.16. The van der Waals surface area contributed by atoms with Gasteiger partial charge in [0.1, 0.15) is 0 Å². The van der Waals surface area contributed by atoms with E-state index in [0.29, 0.717) is 0 Å². The van der Waals surface area contributed by atoms with E-state index in [2.05, 4.69) is 6.92 Å². The molecule has 0 aromatic heterocycles. The predicted molar refractivity (Wildman–Crippen MR) is 35.9 cm³/mol. The molecule has 0 spiro atoms. The van der Waals surface area contributed by atoms with Crippen LogP contribution in [-0.2, 0) is 4.74 Å². The average molecular weight is 116 g/mol. The first-order valence-corrected chi connectivity index (χ1v) is 3.47. The summed E-state index contributed by atoms with van der Waals surface area (Å²) < 4.78 is 5.06. The summed E-state index contributed by atoms with van der Waals surface area (Å²) in [5.41, 5.74) is 0. The monoisotopic (exact) mass is 116 g/mol. The molecule has 0 bridgehead atoms. The standard InChI is InChI=1S/C5H10O.C2H6/c1-5-2-3-6-4-5;1-2/h5H,2-4H2,1H3;1-2H3/t5-;/m0./s1. The minimum Gasteiger partial charge on any atom is -0.381 e. The topological polar surface area (TPSA) is 9.23 Å². The van der Waals surface area contributed by atoms with Gasteiger partial charge in [0, 0.05) is 13.2 Å². The first-order valence-electron chi connectivity index (χ1n) is 3.47. The van der Waals surface area contributed by atoms with Crippen molar-refractivity contribution in [3.63, 3.8) is 0 Å². The third kappa shape index (κ3) is 3.03. The lowest BCUT2D eigenvalue weighted by molar-refractivity contribution is 0.188. The Kier molecular flexibility index (Phi) is 5.08. The van der Waals surface area contributed by atoms with Crippen LogP contribution in [0.2, 0.25) is 0 Å². The van der Waals surface area contributed by atoms with Gasteiger partial charge in [0.25, 0.3) is 0 Å². The van der Waals surface area contributed by atoms with Crippen molar-refractivity contribution in [1.82, 2.24) is 0 Å². The van der Waals surface area contributed by atoms with E-state index in [-0.39, 0.29) is 0 Å². The minimum atomic E-state index is 0.824. The van der Waals surface area contributed by atoms with Crippen molar-refractivity contribution < 1.29 is 4.74 Å². The molecule has 1 saturated heterocycles. The molecule has 0 radical (unpaired) electrons. The fourth-order valence-electron chi connectivity index (χ4n) is 0.652. The SMILES string of the molecule is CC.C[C@H]1CCOC1. The highest BCUT2D eigenvalue weighted by molar-refractivity contribution is 4.55. The van der Waals surface area contributed by atoms with Crippen LogP contribution in [0.25, 0.3) is 0 Å². The van der Waals surface area contributed by atoms with Crippen molar-refractivity contribution in [3.05, 3.63) is 0 Å². The van der Waals surface area contributed by atoms with Crippen molar-refractivity contribution in [2.45, 2.75) is 27.2 Å². The zero-order valence-electron chi connectivity index (χ0n) is 6.11. The molecular weight excluding hydrogens is 100 g/mol. The van der Waals surface area contributed by atoms with E-state index in [4.69, 9.17) is 4.74 Å². The highest BCUT2D eigenvalue weighted by atomic mass is 16.5. The van der Waals surface area contributed by atoms with Gasteiger partial charge in [-0.25, -0.2) is 0 Å². The van der Waals surface area contributed by atoms with Gasteiger partial charge >= 0.3 is 0 Å². The van der Waals surface area contributed by atoms with Crippen molar-refractivity contribution in [2.24, 2.45) is 5.92 Å². The van der Waals surface area contributed by atoms with E-state index in [1.807, 2.05) is 13.8 Å². The predicted octanol–water partition coefficient (Wildman–Crippen LogP) is 2.07. The summed E-state index contributed by atoms with van der Waals surface area (Å²) in [4.78, 5) is 0. The highest BCUT2D eigenvalue weighted by Crippen LogP contribution is 2.09. The Hall–Kier alpha value is -0.0400. The van der Waals surface area contributed by atoms with Crippen LogP contribution in [-0.4, -0.2) is 13.2 Å². The molecule has 0 amide bonds. The minimum absolute atomic E-state index is 0.824. The van der Waals surface area contributed by atoms with Crippen LogP contribution >= 0.6 is 0 Å². The highest BCUT2D eigenvalue weighted by Gasteiger charge is 2.07. The maximum absolute atomic E-state index is 5.06. The largest absolute Gasteiger partial charge is 0.381 e. The summed E-state index contributed by atoms with van der Waals surface area (Å²) in [5.74, 6) is 0.824. The lowest BCUT2D eigenvalue weighted by atomic mass is 10.2. The fourth-order valence-corrected chi connectivity index (χ4v) is 0.652. The van der Waals surface area contributed by atoms with Gasteiger partial charge in [0.2, 0.25) is 0 Å². The molecule has 0 N–H and O–H groups in total. The lowest BCUT2D eigenvalue weighted by Crippen LogP contribution is -1.88. The molecule has 1 heterocycles. The number of hydrogen-bond donors (Lipinski definition) is 0. The summed E-state index contributed by atoms with van der Waals surface area (Å²) in [6.45, 7) is 8.19. The molecule has 1 atom stereocenters. The first kappa shape index (κ1) is 7.96. The molecule has 1 aliphatic rings. The van der Waals surface area contributed by atoms with Crippen molar-refractivity contribution in [1.29, 1.82) is 0 Å². The summed E-state index contributed by atoms with van der Waals surface area (Å²) >= 11 is 0. The van der Waals surface area contributed by atoms with Crippen LogP contribution in [0, 0.1) is 5.92 Å². The van der Waals surface area contributed by atoms with Gasteiger partial charge in [-0.05, 0) is 12.3 Å². The second-order valence-corrected chi connectivity index (χ2v) is 1.97. The number of rotatable bonds is 0. The van der Waals surface area contributed by atoms with Crippen LogP contribution in [0.1, 0.15) is 27.2 Å². The van der Waals surface area contributed by atoms with Gasteiger partial charge in [0.05, 0.1) is 0 Å². The fraction of sp³-hybridized carbons (Fsp3) is 1.00. The second kappa shape index (κ2) is 5.10. The molecule has 0 aromatic carbocycles. The third-order valence-corrected chi connectivity index (χ3v) is 1.16. The van der Waals surface area contributed by atoms with E-state index in [1.54, 1.807) is 0 Å². The van der Waals surface area contributed by atoms with Gasteiger partial charge in [-0.3, -0.25) is 0 Å². The normalized spacial score (nSPS) is 26.6. The molecular formula is C7H16O. The van der Waals surface area contributed by atoms with Gasteiger partial charge in [-0.15, -0.1) is 0 Å². The van der Waals surface area contributed by atoms with Gasteiger partial charge in [-0.2, -0.15) is 0 Å². The molecule has 1 nitrogen and oxygen atoms in total. The van der Waals surface area contributed by atoms with Crippen LogP contribution in [0.5, 0.6) is 0 Å². The zero-order chi connectivity index (χ0) is 6.41. The van der Waals surface area contributed by atoms with E-state index in [1.165, 1.54) is 6.42 Å². The Balaban J connectivity index is 0.000000222. The molecule has 1 rings (SSSR count). The van der Waals surface area contributed by atoms with Crippen molar-refractivity contribution in [3.8, 4) is 0 Å². The Labute approximate surface area is 52.0 Å². The average Bonchev–Trinajstić information content (AvgIpc) is 2.24. The van der Waals surface area contributed by atoms with Gasteiger partial charge < -0.3 is 4.74 Å². The first-order chi connectivity index (χ1) is 3.89. The van der Waals surface area contributed by atoms with E-state index in [0.717, 1.165) is 19.1 Å². The molecule has 0 saturated carbocycles. The maximum atomic E-state index is 5.06. The molecule has 0 aromatic rings. The summed E-state index contributed by atoms with van der Waals surface area (Å²) in [5, 5.41) is 0. The maximum Gasteiger partial charge on any atom is 0.0492 e. The molecule has 1 aliphatic heterocycles. The van der Waals surface area contributed by atoms with E-state index < -0.39 is 0 Å². The van der Waals surface area contributed by atoms with Crippen LogP contribution in [0.4, 0.5) is 0 Å². The van der Waals surface area contributed by atoms with Crippen molar-refractivity contribution >= 4 is 0 Å². The summed E-state index contributed by atoms with van der Waals surface area (Å²) in [6, 6.07) is 0. The second-order valence-electron chi connectivity index (χ2n) is 1.97. The Morgan fingerprint density at radius 2 is 2.00 bits per heavy atom. The van der Waals surface area contributed by atoms with Gasteiger partial charge in [0.15, 0.2) is 0 Å². The Bertz CT molecular complexity index is 37.7. The lowest BCUT2D eigenvalue weighted by Gasteiger charge is -1.89. The van der Waals surface area contributed by atoms with Crippen LogP contribution < -0.4 is 0 Å². The van der Waals surface area contributed by atoms with Crippen LogP contribution in [0.15, 0.2) is 0 Å². The quantitative estimate of drug-likeness (QED) is 0.470. The molecule has 0 aliphatic carbocycles. The number of hydrogen-bond acceptors (Lipinski definition) is 1. The Morgan fingerprint density at radius 3 is 2.12 bits per heavy atom. The van der Waals surface area contributed by atoms with Gasteiger partial charge in [-0.1, -0.05) is 20.8 Å². The molecule has 0 unspecified atom stereocenters. The smallest absolute Gasteiger partial charge is 0.0492 e. The molecule has 1 heteroatoms. The van der Waals surface area contributed by atoms with Crippen molar-refractivity contribution in [2.75, 3.05) is 13.2 Å². The molecule has 50 valence electrons. The summed E-state index contributed by atoms with van der Waals surface area (Å²) in [6.07, 6.45) is 1.26. The van der Waals surface area contributed by atoms with E-state index >= 15 is 0 Å². The molecule has 8 heavy (non-hydrogen) atoms. The zero-order valence-corrected chi connectivity index (χ0v) is 6.11.